The summed E-state index contributed by atoms with van der Waals surface area (Å²) in [6.45, 7) is 3.32. The van der Waals surface area contributed by atoms with E-state index in [0.29, 0.717) is 17.0 Å². The molecule has 20 heavy (non-hydrogen) atoms. The van der Waals surface area contributed by atoms with Crippen LogP contribution in [-0.4, -0.2) is 11.7 Å². The predicted molar refractivity (Wildman–Crippen MR) is 77.6 cm³/mol. The number of furan rings is 1. The lowest BCUT2D eigenvalue weighted by molar-refractivity contribution is -0.111. The number of ketones is 1. The van der Waals surface area contributed by atoms with Gasteiger partial charge >= 0.3 is 0 Å². The number of amides is 1. The topological polar surface area (TPSA) is 59.3 Å². The van der Waals surface area contributed by atoms with Gasteiger partial charge in [-0.1, -0.05) is 12.1 Å². The van der Waals surface area contributed by atoms with E-state index < -0.39 is 0 Å². The van der Waals surface area contributed by atoms with Crippen LogP contribution in [0.3, 0.4) is 0 Å². The van der Waals surface area contributed by atoms with Crippen molar-refractivity contribution in [2.45, 2.75) is 13.8 Å². The third-order valence-corrected chi connectivity index (χ3v) is 2.70. The Kier molecular flexibility index (Phi) is 4.15. The van der Waals surface area contributed by atoms with Crippen LogP contribution in [-0.2, 0) is 4.79 Å². The summed E-state index contributed by atoms with van der Waals surface area (Å²) in [4.78, 5) is 23.0. The molecule has 1 aromatic heterocycles. The average Bonchev–Trinajstić information content (AvgIpc) is 2.82. The van der Waals surface area contributed by atoms with Gasteiger partial charge in [-0.05, 0) is 44.2 Å². The standard InChI is InChI=1S/C16H15NO3/c1-11-6-7-15(20-11)8-9-16(19)17-14-5-3-4-13(10-14)12(2)18/h3-10H,1-2H3,(H,17,19)/b9-8+. The minimum Gasteiger partial charge on any atom is -0.462 e. The van der Waals surface area contributed by atoms with E-state index in [1.807, 2.05) is 13.0 Å². The minimum atomic E-state index is -0.278. The molecule has 0 atom stereocenters. The zero-order chi connectivity index (χ0) is 14.5. The number of benzene rings is 1. The molecule has 0 spiro atoms. The highest BCUT2D eigenvalue weighted by atomic mass is 16.3. The fraction of sp³-hybridized carbons (Fsp3) is 0.125. The number of nitrogens with one attached hydrogen (secondary N) is 1. The van der Waals surface area contributed by atoms with Gasteiger partial charge < -0.3 is 9.73 Å². The molecule has 0 fully saturated rings. The Morgan fingerprint density at radius 1 is 1.20 bits per heavy atom. The SMILES string of the molecule is CC(=O)c1cccc(NC(=O)/C=C/c2ccc(C)o2)c1. The van der Waals surface area contributed by atoms with E-state index in [9.17, 15) is 9.59 Å². The molecule has 1 aromatic carbocycles. The second kappa shape index (κ2) is 6.02. The smallest absolute Gasteiger partial charge is 0.248 e. The Balaban J connectivity index is 2.02. The molecular weight excluding hydrogens is 254 g/mol. The van der Waals surface area contributed by atoms with Crippen LogP contribution in [0.1, 0.15) is 28.8 Å². The lowest BCUT2D eigenvalue weighted by Gasteiger charge is -2.03. The summed E-state index contributed by atoms with van der Waals surface area (Å²) >= 11 is 0. The van der Waals surface area contributed by atoms with Crippen LogP contribution in [0.5, 0.6) is 0 Å². The Hall–Kier alpha value is -2.62. The summed E-state index contributed by atoms with van der Waals surface area (Å²) in [6, 6.07) is 10.4. The van der Waals surface area contributed by atoms with Gasteiger partial charge in [0.15, 0.2) is 5.78 Å². The second-order valence-corrected chi connectivity index (χ2v) is 4.41. The first kappa shape index (κ1) is 13.8. The van der Waals surface area contributed by atoms with Crippen LogP contribution in [0, 0.1) is 6.92 Å². The van der Waals surface area contributed by atoms with E-state index in [2.05, 4.69) is 5.32 Å². The van der Waals surface area contributed by atoms with Crippen molar-refractivity contribution in [2.75, 3.05) is 5.32 Å². The molecule has 2 rings (SSSR count). The van der Waals surface area contributed by atoms with Gasteiger partial charge in [-0.3, -0.25) is 9.59 Å². The van der Waals surface area contributed by atoms with Crippen LogP contribution in [0.4, 0.5) is 5.69 Å². The van der Waals surface area contributed by atoms with Crippen molar-refractivity contribution in [3.8, 4) is 0 Å². The molecule has 0 saturated heterocycles. The fourth-order valence-electron chi connectivity index (χ4n) is 1.70. The predicted octanol–water partition coefficient (Wildman–Crippen LogP) is 3.44. The molecule has 4 nitrogen and oxygen atoms in total. The van der Waals surface area contributed by atoms with Crippen LogP contribution in [0.25, 0.3) is 6.08 Å². The Morgan fingerprint density at radius 2 is 2.00 bits per heavy atom. The second-order valence-electron chi connectivity index (χ2n) is 4.41. The van der Waals surface area contributed by atoms with Gasteiger partial charge in [0.25, 0.3) is 0 Å². The maximum Gasteiger partial charge on any atom is 0.248 e. The third kappa shape index (κ3) is 3.68. The first-order valence-electron chi connectivity index (χ1n) is 6.21. The number of hydrogen-bond donors (Lipinski definition) is 1. The maximum absolute atomic E-state index is 11.7. The highest BCUT2D eigenvalue weighted by Crippen LogP contribution is 2.12. The monoisotopic (exact) mass is 269 g/mol. The van der Waals surface area contributed by atoms with E-state index in [1.165, 1.54) is 13.0 Å². The number of carbonyl (C=O) groups excluding carboxylic acids is 2. The number of Topliss-reactive ketones (excluding diaryl/α,β-unsaturated/α-hetero) is 1. The molecule has 1 amide bonds. The molecule has 0 bridgehead atoms. The molecule has 1 N–H and O–H groups in total. The van der Waals surface area contributed by atoms with Gasteiger partial charge in [-0.15, -0.1) is 0 Å². The van der Waals surface area contributed by atoms with E-state index in [4.69, 9.17) is 4.42 Å². The summed E-state index contributed by atoms with van der Waals surface area (Å²) < 4.78 is 5.32. The highest BCUT2D eigenvalue weighted by molar-refractivity contribution is 6.02. The van der Waals surface area contributed by atoms with E-state index in [1.54, 1.807) is 36.4 Å². The molecule has 0 aliphatic rings. The Labute approximate surface area is 117 Å². The van der Waals surface area contributed by atoms with Crippen LogP contribution in [0.2, 0.25) is 0 Å². The van der Waals surface area contributed by atoms with Crippen molar-refractivity contribution in [1.29, 1.82) is 0 Å². The van der Waals surface area contributed by atoms with Gasteiger partial charge in [-0.2, -0.15) is 0 Å². The van der Waals surface area contributed by atoms with Crippen molar-refractivity contribution >= 4 is 23.5 Å². The van der Waals surface area contributed by atoms with Crippen molar-refractivity contribution in [3.63, 3.8) is 0 Å². The summed E-state index contributed by atoms with van der Waals surface area (Å²) in [5.41, 5.74) is 1.15. The minimum absolute atomic E-state index is 0.0392. The molecule has 1 heterocycles. The highest BCUT2D eigenvalue weighted by Gasteiger charge is 2.02. The summed E-state index contributed by atoms with van der Waals surface area (Å²) in [6.07, 6.45) is 2.98. The quantitative estimate of drug-likeness (QED) is 0.683. The average molecular weight is 269 g/mol. The zero-order valence-corrected chi connectivity index (χ0v) is 11.3. The Morgan fingerprint density at radius 3 is 2.65 bits per heavy atom. The van der Waals surface area contributed by atoms with Crippen LogP contribution < -0.4 is 5.32 Å². The first-order chi connectivity index (χ1) is 9.54. The summed E-state index contributed by atoms with van der Waals surface area (Å²) in [5.74, 6) is 1.09. The van der Waals surface area contributed by atoms with Gasteiger partial charge in [0.05, 0.1) is 0 Å². The van der Waals surface area contributed by atoms with Gasteiger partial charge in [0.1, 0.15) is 11.5 Å². The molecular formula is C16H15NO3. The van der Waals surface area contributed by atoms with Gasteiger partial charge in [0.2, 0.25) is 5.91 Å². The molecule has 0 radical (unpaired) electrons. The van der Waals surface area contributed by atoms with Gasteiger partial charge in [-0.25, -0.2) is 0 Å². The number of aryl methyl sites for hydroxylation is 1. The van der Waals surface area contributed by atoms with Crippen LogP contribution >= 0.6 is 0 Å². The van der Waals surface area contributed by atoms with E-state index >= 15 is 0 Å². The van der Waals surface area contributed by atoms with Crippen molar-refractivity contribution in [3.05, 3.63) is 59.6 Å². The molecule has 4 heteroatoms. The van der Waals surface area contributed by atoms with E-state index in [-0.39, 0.29) is 11.7 Å². The van der Waals surface area contributed by atoms with E-state index in [0.717, 1.165) is 5.76 Å². The van der Waals surface area contributed by atoms with Crippen molar-refractivity contribution < 1.29 is 14.0 Å². The molecule has 102 valence electrons. The van der Waals surface area contributed by atoms with Crippen molar-refractivity contribution in [1.82, 2.24) is 0 Å². The summed E-state index contributed by atoms with van der Waals surface area (Å²) in [7, 11) is 0. The number of anilines is 1. The summed E-state index contributed by atoms with van der Waals surface area (Å²) in [5, 5.41) is 2.69. The third-order valence-electron chi connectivity index (χ3n) is 2.70. The number of rotatable bonds is 4. The molecule has 2 aromatic rings. The van der Waals surface area contributed by atoms with Crippen LogP contribution in [0.15, 0.2) is 46.9 Å². The molecule has 0 aliphatic heterocycles. The lowest BCUT2D eigenvalue weighted by Crippen LogP contribution is -2.08. The Bertz CT molecular complexity index is 668. The molecule has 0 unspecified atom stereocenters. The van der Waals surface area contributed by atoms with Crippen molar-refractivity contribution in [2.24, 2.45) is 0 Å². The molecule has 0 saturated carbocycles. The largest absolute Gasteiger partial charge is 0.462 e. The number of hydrogen-bond acceptors (Lipinski definition) is 3. The number of carbonyl (C=O) groups is 2. The normalized spacial score (nSPS) is 10.7. The lowest BCUT2D eigenvalue weighted by atomic mass is 10.1. The fourth-order valence-corrected chi connectivity index (χ4v) is 1.70. The molecule has 0 aliphatic carbocycles. The maximum atomic E-state index is 11.7. The first-order valence-corrected chi connectivity index (χ1v) is 6.21. The van der Waals surface area contributed by atoms with Gasteiger partial charge in [0, 0.05) is 17.3 Å². The zero-order valence-electron chi connectivity index (χ0n) is 11.3.